The van der Waals surface area contributed by atoms with Gasteiger partial charge in [-0.1, -0.05) is 19.1 Å². The monoisotopic (exact) mass is 389 g/mol. The van der Waals surface area contributed by atoms with Gasteiger partial charge in [0.1, 0.15) is 17.2 Å². The number of hydrogen-bond donors (Lipinski definition) is 2. The Morgan fingerprint density at radius 1 is 1.31 bits per heavy atom. The van der Waals surface area contributed by atoms with Crippen LogP contribution < -0.4 is 5.32 Å². The van der Waals surface area contributed by atoms with Crippen LogP contribution in [-0.4, -0.2) is 34.3 Å². The Labute approximate surface area is 169 Å². The fourth-order valence-corrected chi connectivity index (χ4v) is 3.72. The van der Waals surface area contributed by atoms with Crippen molar-refractivity contribution >= 4 is 34.2 Å². The average Bonchev–Trinajstić information content (AvgIpc) is 3.11. The highest BCUT2D eigenvalue weighted by Crippen LogP contribution is 2.37. The molecule has 6 heteroatoms. The molecule has 4 rings (SSSR count). The third kappa shape index (κ3) is 3.58. The average molecular weight is 389 g/mol. The van der Waals surface area contributed by atoms with E-state index in [1.54, 1.807) is 12.3 Å². The summed E-state index contributed by atoms with van der Waals surface area (Å²) in [5.74, 6) is 1.17. The zero-order chi connectivity index (χ0) is 20.4. The molecule has 1 aliphatic rings. The Morgan fingerprint density at radius 3 is 2.97 bits per heavy atom. The minimum Gasteiger partial charge on any atom is -0.366 e. The molecule has 0 amide bonds. The molecule has 0 spiro atoms. The molecule has 2 N–H and O–H groups in total. The third-order valence-electron chi connectivity index (χ3n) is 4.91. The molecule has 0 atom stereocenters. The number of nitrogens with zero attached hydrogens (tertiary/aromatic N) is 3. The van der Waals surface area contributed by atoms with Crippen LogP contribution in [0.15, 0.2) is 41.5 Å². The van der Waals surface area contributed by atoms with Crippen molar-refractivity contribution in [1.29, 1.82) is 0 Å². The molecule has 0 aliphatic carbocycles. The minimum absolute atomic E-state index is 0.329. The quantitative estimate of drug-likeness (QED) is 0.593. The standard InChI is InChI=1S/C23H24FN5/c1-4-6-15(13-25-5-2)17-7-9-26-23-21(17)18(8-10-27-23)16-11-19(24)22-20(12-16)28-14(3)29-22/h6-9,11-13H,4-5,10H2,1-3H3,(H,26,27)(H,28,29)/b15-6+,25-13?. The molecule has 0 fully saturated rings. The van der Waals surface area contributed by atoms with Crippen LogP contribution in [0.1, 0.15) is 42.8 Å². The van der Waals surface area contributed by atoms with Crippen LogP contribution in [0.4, 0.5) is 10.2 Å². The van der Waals surface area contributed by atoms with E-state index in [-0.39, 0.29) is 5.82 Å². The number of aliphatic imine (C=N–C) groups is 1. The molecule has 29 heavy (non-hydrogen) atoms. The molecule has 3 heterocycles. The first kappa shape index (κ1) is 19.1. The number of aryl methyl sites for hydroxylation is 1. The van der Waals surface area contributed by atoms with Crippen LogP contribution in [0.3, 0.4) is 0 Å². The van der Waals surface area contributed by atoms with E-state index in [4.69, 9.17) is 0 Å². The third-order valence-corrected chi connectivity index (χ3v) is 4.91. The van der Waals surface area contributed by atoms with Crippen LogP contribution in [-0.2, 0) is 0 Å². The van der Waals surface area contributed by atoms with Gasteiger partial charge in [0.05, 0.1) is 5.52 Å². The summed E-state index contributed by atoms with van der Waals surface area (Å²) in [5, 5.41) is 3.34. The number of aromatic amines is 1. The molecule has 2 aromatic heterocycles. The maximum atomic E-state index is 14.8. The summed E-state index contributed by atoms with van der Waals surface area (Å²) in [6.07, 6.45) is 8.84. The zero-order valence-corrected chi connectivity index (χ0v) is 16.9. The van der Waals surface area contributed by atoms with Gasteiger partial charge >= 0.3 is 0 Å². The Hall–Kier alpha value is -3.28. The van der Waals surface area contributed by atoms with Gasteiger partial charge in [0.2, 0.25) is 0 Å². The molecule has 1 aromatic carbocycles. The lowest BCUT2D eigenvalue weighted by molar-refractivity contribution is 0.636. The van der Waals surface area contributed by atoms with Gasteiger partial charge in [-0.15, -0.1) is 0 Å². The summed E-state index contributed by atoms with van der Waals surface area (Å²) in [7, 11) is 0. The van der Waals surface area contributed by atoms with Crippen molar-refractivity contribution in [2.24, 2.45) is 4.99 Å². The number of benzene rings is 1. The number of allylic oxidation sites excluding steroid dienone is 2. The molecule has 0 saturated heterocycles. The van der Waals surface area contributed by atoms with Crippen molar-refractivity contribution in [3.05, 3.63) is 64.9 Å². The number of aromatic nitrogens is 3. The van der Waals surface area contributed by atoms with Crippen LogP contribution >= 0.6 is 0 Å². The second-order valence-corrected chi connectivity index (χ2v) is 6.95. The second kappa shape index (κ2) is 7.99. The Kier molecular flexibility index (Phi) is 5.25. The summed E-state index contributed by atoms with van der Waals surface area (Å²) >= 11 is 0. The van der Waals surface area contributed by atoms with E-state index in [2.05, 4.69) is 44.3 Å². The van der Waals surface area contributed by atoms with Crippen molar-refractivity contribution in [3.8, 4) is 0 Å². The van der Waals surface area contributed by atoms with Crippen molar-refractivity contribution in [2.75, 3.05) is 18.4 Å². The van der Waals surface area contributed by atoms with Gasteiger partial charge in [0, 0.05) is 31.1 Å². The second-order valence-electron chi connectivity index (χ2n) is 6.95. The van der Waals surface area contributed by atoms with Crippen molar-refractivity contribution in [3.63, 3.8) is 0 Å². The number of halogens is 1. The van der Waals surface area contributed by atoms with Crippen molar-refractivity contribution in [1.82, 2.24) is 15.0 Å². The molecular weight excluding hydrogens is 365 g/mol. The number of fused-ring (bicyclic) bond motifs is 2. The summed E-state index contributed by atoms with van der Waals surface area (Å²) < 4.78 is 14.8. The highest BCUT2D eigenvalue weighted by molar-refractivity contribution is 6.13. The number of H-pyrrole nitrogens is 1. The first-order valence-corrected chi connectivity index (χ1v) is 9.92. The lowest BCUT2D eigenvalue weighted by Gasteiger charge is -2.22. The fraction of sp³-hybridized carbons (Fsp3) is 0.261. The zero-order valence-electron chi connectivity index (χ0n) is 16.9. The largest absolute Gasteiger partial charge is 0.366 e. The van der Waals surface area contributed by atoms with Crippen LogP contribution in [0.25, 0.3) is 22.2 Å². The number of hydrogen-bond acceptors (Lipinski definition) is 4. The van der Waals surface area contributed by atoms with Crippen LogP contribution in [0, 0.1) is 12.7 Å². The summed E-state index contributed by atoms with van der Waals surface area (Å²) in [6, 6.07) is 5.52. The van der Waals surface area contributed by atoms with E-state index in [1.165, 1.54) is 0 Å². The van der Waals surface area contributed by atoms with E-state index in [9.17, 15) is 4.39 Å². The SMILES string of the molecule is CC/C=C(\C=NCC)c1ccnc2c1C(c1cc(F)c3nc(C)[nH]c3c1)=CCN2. The maximum absolute atomic E-state index is 14.8. The Balaban J connectivity index is 1.91. The molecular formula is C23H24FN5. The molecule has 5 nitrogen and oxygen atoms in total. The number of rotatable bonds is 5. The van der Waals surface area contributed by atoms with Gasteiger partial charge < -0.3 is 10.3 Å². The van der Waals surface area contributed by atoms with E-state index < -0.39 is 0 Å². The molecule has 148 valence electrons. The highest BCUT2D eigenvalue weighted by atomic mass is 19.1. The van der Waals surface area contributed by atoms with Crippen LogP contribution in [0.2, 0.25) is 0 Å². The normalized spacial score (nSPS) is 14.2. The molecule has 3 aromatic rings. The number of anilines is 1. The van der Waals surface area contributed by atoms with Gasteiger partial charge in [0.15, 0.2) is 5.82 Å². The van der Waals surface area contributed by atoms with Gasteiger partial charge in [-0.2, -0.15) is 0 Å². The lowest BCUT2D eigenvalue weighted by Crippen LogP contribution is -2.13. The van der Waals surface area contributed by atoms with E-state index >= 15 is 0 Å². The van der Waals surface area contributed by atoms with Gasteiger partial charge in [-0.3, -0.25) is 4.99 Å². The number of imidazole rings is 1. The molecule has 0 radical (unpaired) electrons. The highest BCUT2D eigenvalue weighted by Gasteiger charge is 2.22. The number of nitrogens with one attached hydrogen (secondary N) is 2. The molecule has 0 saturated carbocycles. The van der Waals surface area contributed by atoms with E-state index in [0.717, 1.165) is 46.6 Å². The van der Waals surface area contributed by atoms with Crippen molar-refractivity contribution < 1.29 is 4.39 Å². The molecule has 0 unspecified atom stereocenters. The summed E-state index contributed by atoms with van der Waals surface area (Å²) in [5.41, 5.74) is 5.88. The van der Waals surface area contributed by atoms with E-state index in [1.807, 2.05) is 32.2 Å². The van der Waals surface area contributed by atoms with Crippen LogP contribution in [0.5, 0.6) is 0 Å². The smallest absolute Gasteiger partial charge is 0.151 e. The van der Waals surface area contributed by atoms with E-state index in [0.29, 0.717) is 23.4 Å². The maximum Gasteiger partial charge on any atom is 0.151 e. The molecule has 1 aliphatic heterocycles. The Bertz CT molecular complexity index is 1150. The van der Waals surface area contributed by atoms with Gasteiger partial charge in [-0.05, 0) is 60.7 Å². The Morgan fingerprint density at radius 2 is 2.17 bits per heavy atom. The van der Waals surface area contributed by atoms with Gasteiger partial charge in [0.25, 0.3) is 0 Å². The topological polar surface area (TPSA) is 66.0 Å². The predicted octanol–water partition coefficient (Wildman–Crippen LogP) is 5.15. The van der Waals surface area contributed by atoms with Crippen molar-refractivity contribution in [2.45, 2.75) is 27.2 Å². The lowest BCUT2D eigenvalue weighted by atomic mass is 9.89. The minimum atomic E-state index is -0.329. The number of pyridine rings is 1. The predicted molar refractivity (Wildman–Crippen MR) is 118 cm³/mol. The van der Waals surface area contributed by atoms with Gasteiger partial charge in [-0.25, -0.2) is 14.4 Å². The summed E-state index contributed by atoms with van der Waals surface area (Å²) in [4.78, 5) is 16.4. The first-order valence-electron chi connectivity index (χ1n) is 9.92. The molecule has 0 bridgehead atoms. The fourth-order valence-electron chi connectivity index (χ4n) is 3.72. The summed E-state index contributed by atoms with van der Waals surface area (Å²) in [6.45, 7) is 7.30. The first-order chi connectivity index (χ1) is 14.1.